The Labute approximate surface area is 116 Å². The minimum Gasteiger partial charge on any atom is -0.341 e. The second-order valence-electron chi connectivity index (χ2n) is 6.16. The Hall–Kier alpha value is -0.900. The van der Waals surface area contributed by atoms with Gasteiger partial charge in [0.05, 0.1) is 6.54 Å². The van der Waals surface area contributed by atoms with Crippen molar-refractivity contribution < 1.29 is 9.59 Å². The largest absolute Gasteiger partial charge is 0.341 e. The van der Waals surface area contributed by atoms with Gasteiger partial charge in [0.25, 0.3) is 0 Å². The van der Waals surface area contributed by atoms with Crippen molar-refractivity contribution in [3.05, 3.63) is 0 Å². The lowest BCUT2D eigenvalue weighted by Gasteiger charge is -2.37. The standard InChI is InChI=1S/C15H26N2O2/c1-12-5-3-4-6-14(12)16(2)11-15(19)17-9-7-13(18)8-10-17/h12,14H,3-11H2,1-2H3. The third-order valence-electron chi connectivity index (χ3n) is 4.69. The van der Waals surface area contributed by atoms with Gasteiger partial charge in [-0.25, -0.2) is 0 Å². The fourth-order valence-electron chi connectivity index (χ4n) is 3.39. The second kappa shape index (κ2) is 6.51. The average Bonchev–Trinajstić information content (AvgIpc) is 2.39. The summed E-state index contributed by atoms with van der Waals surface area (Å²) in [6, 6.07) is 0.545. The van der Waals surface area contributed by atoms with Gasteiger partial charge in [-0.2, -0.15) is 0 Å². The first-order valence-corrected chi connectivity index (χ1v) is 7.57. The van der Waals surface area contributed by atoms with Crippen LogP contribution in [0.2, 0.25) is 0 Å². The Morgan fingerprint density at radius 2 is 1.89 bits per heavy atom. The lowest BCUT2D eigenvalue weighted by molar-refractivity contribution is -0.136. The molecule has 0 N–H and O–H groups in total. The van der Waals surface area contributed by atoms with Gasteiger partial charge in [0, 0.05) is 32.0 Å². The molecule has 1 aliphatic heterocycles. The van der Waals surface area contributed by atoms with Gasteiger partial charge in [0.2, 0.25) is 5.91 Å². The van der Waals surface area contributed by atoms with Crippen molar-refractivity contribution in [3.63, 3.8) is 0 Å². The predicted octanol–water partition coefficient (Wildman–Crippen LogP) is 1.69. The van der Waals surface area contributed by atoms with Gasteiger partial charge in [-0.05, 0) is 25.8 Å². The van der Waals surface area contributed by atoms with Gasteiger partial charge in [0.15, 0.2) is 0 Å². The summed E-state index contributed by atoms with van der Waals surface area (Å²) in [4.78, 5) is 27.5. The molecule has 2 aliphatic rings. The third-order valence-corrected chi connectivity index (χ3v) is 4.69. The molecule has 1 aliphatic carbocycles. The van der Waals surface area contributed by atoms with Crippen LogP contribution in [0, 0.1) is 5.92 Å². The number of Topliss-reactive ketones (excluding diaryl/α,β-unsaturated/α-hetero) is 1. The minimum absolute atomic E-state index is 0.188. The number of piperidine rings is 1. The van der Waals surface area contributed by atoms with Crippen LogP contribution in [0.25, 0.3) is 0 Å². The molecule has 1 saturated heterocycles. The van der Waals surface area contributed by atoms with E-state index in [9.17, 15) is 9.59 Å². The first kappa shape index (κ1) is 14.5. The molecule has 108 valence electrons. The van der Waals surface area contributed by atoms with E-state index < -0.39 is 0 Å². The quantitative estimate of drug-likeness (QED) is 0.780. The first-order valence-electron chi connectivity index (χ1n) is 7.57. The van der Waals surface area contributed by atoms with Crippen LogP contribution >= 0.6 is 0 Å². The lowest BCUT2D eigenvalue weighted by atomic mass is 9.85. The SMILES string of the molecule is CC1CCCCC1N(C)CC(=O)N1CCC(=O)CC1. The van der Waals surface area contributed by atoms with Crippen molar-refractivity contribution in [2.45, 2.75) is 51.5 Å². The summed E-state index contributed by atoms with van der Waals surface area (Å²) in [5.41, 5.74) is 0. The second-order valence-corrected chi connectivity index (χ2v) is 6.16. The van der Waals surface area contributed by atoms with Gasteiger partial charge in [-0.15, -0.1) is 0 Å². The number of amides is 1. The zero-order chi connectivity index (χ0) is 13.8. The van der Waals surface area contributed by atoms with Crippen molar-refractivity contribution in [1.29, 1.82) is 0 Å². The van der Waals surface area contributed by atoms with Crippen LogP contribution < -0.4 is 0 Å². The summed E-state index contributed by atoms with van der Waals surface area (Å²) in [6.07, 6.45) is 6.18. The number of nitrogens with zero attached hydrogens (tertiary/aromatic N) is 2. The normalized spacial score (nSPS) is 28.8. The number of ketones is 1. The van der Waals surface area contributed by atoms with Crippen molar-refractivity contribution >= 4 is 11.7 Å². The molecule has 4 heteroatoms. The average molecular weight is 266 g/mol. The molecule has 1 amide bonds. The Morgan fingerprint density at radius 3 is 2.53 bits per heavy atom. The number of likely N-dealkylation sites (N-methyl/N-ethyl adjacent to an activating group) is 1. The van der Waals surface area contributed by atoms with Gasteiger partial charge >= 0.3 is 0 Å². The molecule has 0 spiro atoms. The van der Waals surface area contributed by atoms with Gasteiger partial charge in [-0.3, -0.25) is 14.5 Å². The van der Waals surface area contributed by atoms with Crippen LogP contribution in [-0.2, 0) is 9.59 Å². The van der Waals surface area contributed by atoms with Crippen molar-refractivity contribution in [3.8, 4) is 0 Å². The van der Waals surface area contributed by atoms with Crippen LogP contribution in [0.4, 0.5) is 0 Å². The summed E-state index contributed by atoms with van der Waals surface area (Å²) in [6.45, 7) is 4.03. The van der Waals surface area contributed by atoms with E-state index in [1.165, 1.54) is 25.7 Å². The predicted molar refractivity (Wildman–Crippen MR) is 74.9 cm³/mol. The molecule has 0 aromatic heterocycles. The maximum Gasteiger partial charge on any atom is 0.236 e. The summed E-state index contributed by atoms with van der Waals surface area (Å²) >= 11 is 0. The molecule has 2 rings (SSSR count). The highest BCUT2D eigenvalue weighted by atomic mass is 16.2. The molecule has 19 heavy (non-hydrogen) atoms. The highest BCUT2D eigenvalue weighted by Gasteiger charge is 2.28. The maximum absolute atomic E-state index is 12.2. The molecular formula is C15H26N2O2. The monoisotopic (exact) mass is 266 g/mol. The van der Waals surface area contributed by atoms with Crippen LogP contribution in [0.3, 0.4) is 0 Å². The fraction of sp³-hybridized carbons (Fsp3) is 0.867. The lowest BCUT2D eigenvalue weighted by Crippen LogP contribution is -2.47. The van der Waals surface area contributed by atoms with E-state index in [1.807, 2.05) is 4.90 Å². The molecule has 1 saturated carbocycles. The minimum atomic E-state index is 0.188. The molecule has 0 aromatic rings. The third kappa shape index (κ3) is 3.78. The molecular weight excluding hydrogens is 240 g/mol. The molecule has 1 heterocycles. The van der Waals surface area contributed by atoms with Gasteiger partial charge < -0.3 is 4.90 Å². The molecule has 2 unspecified atom stereocenters. The fourth-order valence-corrected chi connectivity index (χ4v) is 3.39. The molecule has 2 atom stereocenters. The van der Waals surface area contributed by atoms with E-state index in [0.29, 0.717) is 50.2 Å². The highest BCUT2D eigenvalue weighted by Crippen LogP contribution is 2.27. The van der Waals surface area contributed by atoms with E-state index in [2.05, 4.69) is 18.9 Å². The maximum atomic E-state index is 12.2. The van der Waals surface area contributed by atoms with Crippen LogP contribution in [0.5, 0.6) is 0 Å². The number of likely N-dealkylation sites (tertiary alicyclic amines) is 1. The Balaban J connectivity index is 1.82. The number of hydrogen-bond acceptors (Lipinski definition) is 3. The zero-order valence-corrected chi connectivity index (χ0v) is 12.2. The first-order chi connectivity index (χ1) is 9.08. The van der Waals surface area contributed by atoms with E-state index >= 15 is 0 Å². The number of carbonyl (C=O) groups is 2. The smallest absolute Gasteiger partial charge is 0.236 e. The van der Waals surface area contributed by atoms with E-state index in [1.54, 1.807) is 0 Å². The van der Waals surface area contributed by atoms with E-state index in [0.717, 1.165) is 0 Å². The van der Waals surface area contributed by atoms with Gasteiger partial charge in [0.1, 0.15) is 5.78 Å². The number of hydrogen-bond donors (Lipinski definition) is 0. The highest BCUT2D eigenvalue weighted by molar-refractivity contribution is 5.84. The topological polar surface area (TPSA) is 40.6 Å². The van der Waals surface area contributed by atoms with Crippen molar-refractivity contribution in [2.75, 3.05) is 26.7 Å². The molecule has 2 fully saturated rings. The summed E-state index contributed by atoms with van der Waals surface area (Å²) in [5.74, 6) is 1.17. The van der Waals surface area contributed by atoms with Crippen LogP contribution in [-0.4, -0.2) is 54.2 Å². The summed E-state index contributed by atoms with van der Waals surface area (Å²) < 4.78 is 0. The zero-order valence-electron chi connectivity index (χ0n) is 12.2. The summed E-state index contributed by atoms with van der Waals surface area (Å²) in [5, 5.41) is 0. The summed E-state index contributed by atoms with van der Waals surface area (Å²) in [7, 11) is 2.07. The molecule has 4 nitrogen and oxygen atoms in total. The van der Waals surface area contributed by atoms with Crippen molar-refractivity contribution in [1.82, 2.24) is 9.80 Å². The number of rotatable bonds is 3. The van der Waals surface area contributed by atoms with E-state index in [4.69, 9.17) is 0 Å². The van der Waals surface area contributed by atoms with Gasteiger partial charge in [-0.1, -0.05) is 19.8 Å². The Morgan fingerprint density at radius 1 is 1.26 bits per heavy atom. The Bertz CT molecular complexity index is 333. The molecule has 0 aromatic carbocycles. The molecule has 0 radical (unpaired) electrons. The number of carbonyl (C=O) groups excluding carboxylic acids is 2. The Kier molecular flexibility index (Phi) is 4.97. The van der Waals surface area contributed by atoms with E-state index in [-0.39, 0.29) is 5.91 Å². The molecule has 0 bridgehead atoms. The van der Waals surface area contributed by atoms with Crippen molar-refractivity contribution in [2.24, 2.45) is 5.92 Å². The van der Waals surface area contributed by atoms with Crippen LogP contribution in [0.1, 0.15) is 45.4 Å². The van der Waals surface area contributed by atoms with Crippen LogP contribution in [0.15, 0.2) is 0 Å².